The van der Waals surface area contributed by atoms with Crippen LogP contribution in [0.3, 0.4) is 0 Å². The van der Waals surface area contributed by atoms with Crippen LogP contribution in [0.2, 0.25) is 0 Å². The van der Waals surface area contributed by atoms with Crippen LogP contribution >= 0.6 is 0 Å². The zero-order valence-corrected chi connectivity index (χ0v) is 12.9. The average Bonchev–Trinajstić information content (AvgIpc) is 2.36. The van der Waals surface area contributed by atoms with Crippen molar-refractivity contribution in [3.8, 4) is 6.26 Å². The lowest BCUT2D eigenvalue weighted by Gasteiger charge is -2.45. The number of rotatable bonds is 5. The highest BCUT2D eigenvalue weighted by atomic mass is 16.5. The van der Waals surface area contributed by atoms with E-state index >= 15 is 0 Å². The lowest BCUT2D eigenvalue weighted by molar-refractivity contribution is -0.113. The van der Waals surface area contributed by atoms with Gasteiger partial charge in [-0.25, -0.2) is 9.69 Å². The molecule has 0 spiro atoms. The third kappa shape index (κ3) is 4.78. The molecule has 0 aromatic rings. The largest absolute Gasteiger partial charge is 0.424 e. The van der Waals surface area contributed by atoms with Crippen molar-refractivity contribution in [3.63, 3.8) is 0 Å². The van der Waals surface area contributed by atoms with Crippen molar-refractivity contribution < 1.29 is 14.3 Å². The number of ether oxygens (including phenoxy) is 1. The molecular weight excluding hydrogens is 270 g/mol. The molecule has 0 radical (unpaired) electrons. The van der Waals surface area contributed by atoms with E-state index in [1.807, 2.05) is 0 Å². The van der Waals surface area contributed by atoms with E-state index in [2.05, 4.69) is 32.7 Å². The predicted octanol–water partition coefficient (Wildman–Crippen LogP) is 2.38. The van der Waals surface area contributed by atoms with Gasteiger partial charge in [-0.2, -0.15) is 5.26 Å². The minimum absolute atomic E-state index is 0.0298. The average molecular weight is 293 g/mol. The summed E-state index contributed by atoms with van der Waals surface area (Å²) in [5.74, 6) is 0. The lowest BCUT2D eigenvalue weighted by atomic mass is 9.63. The molecule has 1 rings (SSSR count). The molecule has 0 bridgehead atoms. The van der Waals surface area contributed by atoms with Gasteiger partial charge in [0, 0.05) is 12.7 Å². The topological polar surface area (TPSA) is 82.4 Å². The molecule has 2 atom stereocenters. The Hall–Kier alpha value is -2.03. The molecule has 0 aliphatic heterocycles. The monoisotopic (exact) mass is 293 g/mol. The summed E-state index contributed by atoms with van der Waals surface area (Å²) in [7, 11) is 0. The molecule has 1 N–H and O–H groups in total. The molecule has 0 aromatic carbocycles. The second-order valence-corrected chi connectivity index (χ2v) is 6.75. The fourth-order valence-electron chi connectivity index (χ4n) is 3.38. The SMILES string of the molecule is C=CN(C=O)C(=O)NCC1(C)CC(OC#N)CC(C)(C)C1. The van der Waals surface area contributed by atoms with Crippen LogP contribution in [-0.4, -0.2) is 30.0 Å². The van der Waals surface area contributed by atoms with Crippen LogP contribution in [0.4, 0.5) is 4.79 Å². The van der Waals surface area contributed by atoms with Crippen LogP contribution in [-0.2, 0) is 9.53 Å². The van der Waals surface area contributed by atoms with Crippen LogP contribution in [0, 0.1) is 22.3 Å². The summed E-state index contributed by atoms with van der Waals surface area (Å²) in [6, 6.07) is -0.498. The fourth-order valence-corrected chi connectivity index (χ4v) is 3.38. The van der Waals surface area contributed by atoms with Crippen LogP contribution < -0.4 is 5.32 Å². The number of hydrogen-bond acceptors (Lipinski definition) is 4. The molecule has 1 fully saturated rings. The van der Waals surface area contributed by atoms with Gasteiger partial charge in [0.1, 0.15) is 6.10 Å². The molecule has 0 aromatic heterocycles. The van der Waals surface area contributed by atoms with Gasteiger partial charge in [0.25, 0.3) is 6.26 Å². The number of imide groups is 1. The summed E-state index contributed by atoms with van der Waals surface area (Å²) in [5, 5.41) is 11.5. The van der Waals surface area contributed by atoms with Gasteiger partial charge in [0.2, 0.25) is 6.41 Å². The van der Waals surface area contributed by atoms with E-state index in [-0.39, 0.29) is 16.9 Å². The van der Waals surface area contributed by atoms with E-state index in [4.69, 9.17) is 10.00 Å². The fraction of sp³-hybridized carbons (Fsp3) is 0.667. The quantitative estimate of drug-likeness (QED) is 0.623. The first-order valence-electron chi connectivity index (χ1n) is 6.94. The minimum Gasteiger partial charge on any atom is -0.424 e. The normalized spacial score (nSPS) is 27.0. The molecule has 6 nitrogen and oxygen atoms in total. The van der Waals surface area contributed by atoms with E-state index in [1.165, 1.54) is 0 Å². The molecule has 1 saturated carbocycles. The summed E-state index contributed by atoms with van der Waals surface area (Å²) in [6.07, 6.45) is 5.61. The number of urea groups is 1. The van der Waals surface area contributed by atoms with E-state index in [0.717, 1.165) is 23.9 Å². The van der Waals surface area contributed by atoms with Crippen molar-refractivity contribution in [2.45, 2.75) is 46.1 Å². The van der Waals surface area contributed by atoms with Crippen molar-refractivity contribution in [1.29, 1.82) is 5.26 Å². The first-order valence-corrected chi connectivity index (χ1v) is 6.94. The first kappa shape index (κ1) is 17.0. The van der Waals surface area contributed by atoms with Gasteiger partial charge in [-0.15, -0.1) is 0 Å². The number of nitrogens with zero attached hydrogens (tertiary/aromatic N) is 2. The van der Waals surface area contributed by atoms with Crippen molar-refractivity contribution in [3.05, 3.63) is 12.8 Å². The van der Waals surface area contributed by atoms with Gasteiger partial charge in [-0.3, -0.25) is 4.79 Å². The van der Waals surface area contributed by atoms with Gasteiger partial charge < -0.3 is 10.1 Å². The summed E-state index contributed by atoms with van der Waals surface area (Å²) >= 11 is 0. The molecule has 0 heterocycles. The minimum atomic E-state index is -0.498. The molecule has 1 aliphatic carbocycles. The van der Waals surface area contributed by atoms with Crippen molar-refractivity contribution in [2.24, 2.45) is 10.8 Å². The Morgan fingerprint density at radius 3 is 2.71 bits per heavy atom. The molecule has 3 amide bonds. The number of nitriles is 1. The molecule has 116 valence electrons. The summed E-state index contributed by atoms with van der Waals surface area (Å²) in [5.41, 5.74) is -0.156. The Kier molecular flexibility index (Phi) is 5.36. The molecule has 21 heavy (non-hydrogen) atoms. The van der Waals surface area contributed by atoms with Crippen molar-refractivity contribution in [1.82, 2.24) is 10.2 Å². The Bertz CT molecular complexity index is 448. The number of amides is 3. The van der Waals surface area contributed by atoms with E-state index in [0.29, 0.717) is 19.4 Å². The Balaban J connectivity index is 2.71. The van der Waals surface area contributed by atoms with Crippen LogP contribution in [0.1, 0.15) is 40.0 Å². The highest BCUT2D eigenvalue weighted by Gasteiger charge is 2.42. The third-order valence-corrected chi connectivity index (χ3v) is 3.84. The van der Waals surface area contributed by atoms with Crippen LogP contribution in [0.5, 0.6) is 0 Å². The zero-order chi connectivity index (χ0) is 16.1. The second kappa shape index (κ2) is 6.61. The molecule has 0 saturated heterocycles. The van der Waals surface area contributed by atoms with E-state index < -0.39 is 6.03 Å². The summed E-state index contributed by atoms with van der Waals surface area (Å²) in [4.78, 5) is 23.3. The molecule has 6 heteroatoms. The van der Waals surface area contributed by atoms with Gasteiger partial charge in [0.15, 0.2) is 0 Å². The van der Waals surface area contributed by atoms with Gasteiger partial charge in [0.05, 0.1) is 0 Å². The standard InChI is InChI=1S/C15H23N3O3/c1-5-18(11-19)13(20)17-9-15(4)7-12(21-10-16)6-14(2,3)8-15/h5,11-12H,1,6-9H2,2-4H3,(H,17,20). The highest BCUT2D eigenvalue weighted by molar-refractivity contribution is 5.85. The maximum atomic E-state index is 11.8. The lowest BCUT2D eigenvalue weighted by Crippen LogP contribution is -2.47. The van der Waals surface area contributed by atoms with Gasteiger partial charge in [-0.05, 0) is 30.1 Å². The van der Waals surface area contributed by atoms with Gasteiger partial charge in [-0.1, -0.05) is 27.4 Å². The third-order valence-electron chi connectivity index (χ3n) is 3.84. The van der Waals surface area contributed by atoms with Crippen LogP contribution in [0.15, 0.2) is 12.8 Å². The molecule has 2 unspecified atom stereocenters. The molecular formula is C15H23N3O3. The second-order valence-electron chi connectivity index (χ2n) is 6.75. The molecule has 1 aliphatic rings. The van der Waals surface area contributed by atoms with Gasteiger partial charge >= 0.3 is 6.03 Å². The number of carbonyl (C=O) groups is 2. The summed E-state index contributed by atoms with van der Waals surface area (Å²) < 4.78 is 5.12. The zero-order valence-electron chi connectivity index (χ0n) is 12.9. The number of nitrogens with one attached hydrogen (secondary N) is 1. The Morgan fingerprint density at radius 2 is 2.19 bits per heavy atom. The smallest absolute Gasteiger partial charge is 0.328 e. The maximum absolute atomic E-state index is 11.8. The van der Waals surface area contributed by atoms with Crippen molar-refractivity contribution in [2.75, 3.05) is 6.54 Å². The first-order chi connectivity index (χ1) is 9.75. The van der Waals surface area contributed by atoms with E-state index in [1.54, 1.807) is 6.26 Å². The van der Waals surface area contributed by atoms with E-state index in [9.17, 15) is 9.59 Å². The van der Waals surface area contributed by atoms with Crippen molar-refractivity contribution >= 4 is 12.4 Å². The summed E-state index contributed by atoms with van der Waals surface area (Å²) in [6.45, 7) is 10.1. The Labute approximate surface area is 125 Å². The highest BCUT2D eigenvalue weighted by Crippen LogP contribution is 2.46. The van der Waals surface area contributed by atoms with Crippen LogP contribution in [0.25, 0.3) is 0 Å². The number of carbonyl (C=O) groups excluding carboxylic acids is 2. The predicted molar refractivity (Wildman–Crippen MR) is 77.7 cm³/mol. The Morgan fingerprint density at radius 1 is 1.52 bits per heavy atom. The number of hydrogen-bond donors (Lipinski definition) is 1. The maximum Gasteiger partial charge on any atom is 0.328 e.